The van der Waals surface area contributed by atoms with Crippen molar-refractivity contribution in [3.05, 3.63) is 82.9 Å². The summed E-state index contributed by atoms with van der Waals surface area (Å²) >= 11 is 0. The first-order valence-corrected chi connectivity index (χ1v) is 11.6. The molecule has 0 aromatic heterocycles. The van der Waals surface area contributed by atoms with Crippen molar-refractivity contribution in [2.24, 2.45) is 0 Å². The summed E-state index contributed by atoms with van der Waals surface area (Å²) in [5, 5.41) is 3.13. The van der Waals surface area contributed by atoms with Gasteiger partial charge in [-0.15, -0.1) is 0 Å². The van der Waals surface area contributed by atoms with Gasteiger partial charge in [0.05, 0.1) is 34.5 Å². The lowest BCUT2D eigenvalue weighted by Crippen LogP contribution is -2.41. The maximum Gasteiger partial charge on any atom is 0.251 e. The summed E-state index contributed by atoms with van der Waals surface area (Å²) in [6, 6.07) is 19.3. The first kappa shape index (κ1) is 24.4. The molecular formula is C28H32N2O5. The van der Waals surface area contributed by atoms with Gasteiger partial charge in [0.1, 0.15) is 11.5 Å². The number of rotatable bonds is 9. The van der Waals surface area contributed by atoms with Crippen LogP contribution in [-0.4, -0.2) is 52.3 Å². The lowest BCUT2D eigenvalue weighted by atomic mass is 9.91. The molecule has 4 rings (SSSR count). The summed E-state index contributed by atoms with van der Waals surface area (Å²) in [5.41, 5.74) is 4.08. The molecule has 1 amide bonds. The number of carbonyl (C=O) groups is 1. The van der Waals surface area contributed by atoms with Crippen molar-refractivity contribution >= 4 is 5.91 Å². The number of benzene rings is 3. The molecule has 0 fully saturated rings. The maximum absolute atomic E-state index is 12.9. The Morgan fingerprint density at radius 1 is 0.886 bits per heavy atom. The normalized spacial score (nSPS) is 15.1. The lowest BCUT2D eigenvalue weighted by molar-refractivity contribution is 0.0925. The zero-order valence-electron chi connectivity index (χ0n) is 20.7. The second-order valence-corrected chi connectivity index (χ2v) is 8.43. The number of hydrogen-bond donors (Lipinski definition) is 1. The SMILES string of the molecule is COc1ccc(C(=O)NC[C@H]2c3cc(OC)c(OC)cc3CCN2Cc2cccc(OC)c2)cc1. The van der Waals surface area contributed by atoms with Crippen LogP contribution in [0.25, 0.3) is 0 Å². The van der Waals surface area contributed by atoms with Crippen LogP contribution in [0.5, 0.6) is 23.0 Å². The highest BCUT2D eigenvalue weighted by atomic mass is 16.5. The van der Waals surface area contributed by atoms with Crippen molar-refractivity contribution in [1.29, 1.82) is 0 Å². The number of methoxy groups -OCH3 is 4. The monoisotopic (exact) mass is 476 g/mol. The average molecular weight is 477 g/mol. The molecule has 1 aliphatic heterocycles. The molecule has 7 heteroatoms. The van der Waals surface area contributed by atoms with Crippen LogP contribution in [0.15, 0.2) is 60.7 Å². The molecule has 0 saturated heterocycles. The van der Waals surface area contributed by atoms with Gasteiger partial charge in [0.15, 0.2) is 11.5 Å². The number of hydrogen-bond acceptors (Lipinski definition) is 6. The van der Waals surface area contributed by atoms with E-state index in [4.69, 9.17) is 18.9 Å². The molecule has 0 radical (unpaired) electrons. The molecule has 0 bridgehead atoms. The number of ether oxygens (including phenoxy) is 4. The molecule has 3 aromatic carbocycles. The van der Waals surface area contributed by atoms with Gasteiger partial charge < -0.3 is 24.3 Å². The van der Waals surface area contributed by atoms with Gasteiger partial charge >= 0.3 is 0 Å². The average Bonchev–Trinajstić information content (AvgIpc) is 2.91. The molecule has 35 heavy (non-hydrogen) atoms. The molecule has 0 spiro atoms. The van der Waals surface area contributed by atoms with Gasteiger partial charge in [-0.05, 0) is 71.6 Å². The van der Waals surface area contributed by atoms with Gasteiger partial charge in [0, 0.05) is 25.2 Å². The Morgan fingerprint density at radius 2 is 1.60 bits per heavy atom. The van der Waals surface area contributed by atoms with Crippen molar-refractivity contribution < 1.29 is 23.7 Å². The van der Waals surface area contributed by atoms with E-state index in [1.54, 1.807) is 52.7 Å². The summed E-state index contributed by atoms with van der Waals surface area (Å²) in [5.74, 6) is 2.82. The van der Waals surface area contributed by atoms with Crippen LogP contribution >= 0.6 is 0 Å². The number of amides is 1. The minimum atomic E-state index is -0.124. The van der Waals surface area contributed by atoms with Crippen molar-refractivity contribution in [3.63, 3.8) is 0 Å². The molecule has 0 unspecified atom stereocenters. The lowest BCUT2D eigenvalue weighted by Gasteiger charge is -2.38. The summed E-state index contributed by atoms with van der Waals surface area (Å²) in [4.78, 5) is 15.3. The third-order valence-corrected chi connectivity index (χ3v) is 6.44. The number of nitrogens with one attached hydrogen (secondary N) is 1. The highest BCUT2D eigenvalue weighted by Gasteiger charge is 2.29. The molecule has 0 aliphatic carbocycles. The van der Waals surface area contributed by atoms with E-state index in [1.807, 2.05) is 18.2 Å². The predicted molar refractivity (Wildman–Crippen MR) is 135 cm³/mol. The summed E-state index contributed by atoms with van der Waals surface area (Å²) in [6.45, 7) is 2.04. The molecule has 184 valence electrons. The fraction of sp³-hybridized carbons (Fsp3) is 0.321. The minimum Gasteiger partial charge on any atom is -0.497 e. The standard InChI is InChI=1S/C28H32N2O5/c1-32-22-10-8-20(9-11-22)28(31)29-17-25-24-16-27(35-4)26(34-3)15-21(24)12-13-30(25)18-19-6-5-7-23(14-19)33-2/h5-11,14-16,25H,12-13,17-18H2,1-4H3,(H,29,31)/t25-/m0/s1. The summed E-state index contributed by atoms with van der Waals surface area (Å²) < 4.78 is 21.7. The molecule has 3 aromatic rings. The Balaban J connectivity index is 1.61. The highest BCUT2D eigenvalue weighted by molar-refractivity contribution is 5.94. The van der Waals surface area contributed by atoms with Gasteiger partial charge in [-0.2, -0.15) is 0 Å². The third kappa shape index (κ3) is 5.52. The molecular weight excluding hydrogens is 444 g/mol. The van der Waals surface area contributed by atoms with Crippen LogP contribution in [0, 0.1) is 0 Å². The van der Waals surface area contributed by atoms with E-state index in [1.165, 1.54) is 5.56 Å². The Labute approximate surface area is 206 Å². The largest absolute Gasteiger partial charge is 0.497 e. The van der Waals surface area contributed by atoms with Crippen LogP contribution in [0.3, 0.4) is 0 Å². The zero-order valence-corrected chi connectivity index (χ0v) is 20.7. The Kier molecular flexibility index (Phi) is 7.77. The van der Waals surface area contributed by atoms with Crippen LogP contribution < -0.4 is 24.3 Å². The van der Waals surface area contributed by atoms with E-state index < -0.39 is 0 Å². The van der Waals surface area contributed by atoms with Crippen molar-refractivity contribution in [3.8, 4) is 23.0 Å². The van der Waals surface area contributed by atoms with Crippen molar-refractivity contribution in [1.82, 2.24) is 10.2 Å². The number of nitrogens with zero attached hydrogens (tertiary/aromatic N) is 1. The first-order chi connectivity index (χ1) is 17.1. The number of carbonyl (C=O) groups excluding carboxylic acids is 1. The minimum absolute atomic E-state index is 0.0352. The smallest absolute Gasteiger partial charge is 0.251 e. The fourth-order valence-electron chi connectivity index (χ4n) is 4.55. The Bertz CT molecular complexity index is 1160. The topological polar surface area (TPSA) is 69.3 Å². The van der Waals surface area contributed by atoms with Crippen molar-refractivity contribution in [2.45, 2.75) is 19.0 Å². The molecule has 0 saturated carbocycles. The van der Waals surface area contributed by atoms with Gasteiger partial charge in [-0.1, -0.05) is 12.1 Å². The van der Waals surface area contributed by atoms with Gasteiger partial charge in [-0.3, -0.25) is 9.69 Å². The molecule has 7 nitrogen and oxygen atoms in total. The van der Waals surface area contributed by atoms with Crippen LogP contribution in [-0.2, 0) is 13.0 Å². The zero-order chi connectivity index (χ0) is 24.8. The maximum atomic E-state index is 12.9. The van der Waals surface area contributed by atoms with Crippen LogP contribution in [0.4, 0.5) is 0 Å². The Hall–Kier alpha value is -3.71. The second-order valence-electron chi connectivity index (χ2n) is 8.43. The molecule has 1 atom stereocenters. The highest BCUT2D eigenvalue weighted by Crippen LogP contribution is 2.38. The predicted octanol–water partition coefficient (Wildman–Crippen LogP) is 4.25. The van der Waals surface area contributed by atoms with E-state index in [0.29, 0.717) is 29.4 Å². The number of fused-ring (bicyclic) bond motifs is 1. The molecule has 1 heterocycles. The fourth-order valence-corrected chi connectivity index (χ4v) is 4.55. The summed E-state index contributed by atoms with van der Waals surface area (Å²) in [7, 11) is 6.57. The van der Waals surface area contributed by atoms with Gasteiger partial charge in [-0.25, -0.2) is 0 Å². The van der Waals surface area contributed by atoms with E-state index in [9.17, 15) is 4.79 Å². The van der Waals surface area contributed by atoms with Crippen LogP contribution in [0.1, 0.15) is 33.1 Å². The van der Waals surface area contributed by atoms with Gasteiger partial charge in [0.25, 0.3) is 5.91 Å². The Morgan fingerprint density at radius 3 is 2.29 bits per heavy atom. The third-order valence-electron chi connectivity index (χ3n) is 6.44. The van der Waals surface area contributed by atoms with E-state index in [0.717, 1.165) is 36.4 Å². The molecule has 1 aliphatic rings. The van der Waals surface area contributed by atoms with E-state index in [2.05, 4.69) is 28.4 Å². The van der Waals surface area contributed by atoms with Crippen molar-refractivity contribution in [2.75, 3.05) is 41.5 Å². The van der Waals surface area contributed by atoms with Gasteiger partial charge in [0.2, 0.25) is 0 Å². The van der Waals surface area contributed by atoms with Crippen LogP contribution in [0.2, 0.25) is 0 Å². The quantitative estimate of drug-likeness (QED) is 0.498. The van der Waals surface area contributed by atoms with E-state index in [-0.39, 0.29) is 11.9 Å². The van der Waals surface area contributed by atoms with E-state index >= 15 is 0 Å². The summed E-state index contributed by atoms with van der Waals surface area (Å²) in [6.07, 6.45) is 0.878. The molecule has 1 N–H and O–H groups in total. The first-order valence-electron chi connectivity index (χ1n) is 11.6. The second kappa shape index (κ2) is 11.1.